The van der Waals surface area contributed by atoms with Crippen LogP contribution in [0.2, 0.25) is 0 Å². The SMILES string of the molecule is O=C(O)c1ccccc1CCC(=O)N1CCCN(C(=O)c2ccccc2)CC1. The lowest BCUT2D eigenvalue weighted by molar-refractivity contribution is -0.131. The van der Waals surface area contributed by atoms with Crippen molar-refractivity contribution in [3.63, 3.8) is 0 Å². The molecule has 1 N–H and O–H groups in total. The molecule has 1 aliphatic heterocycles. The van der Waals surface area contributed by atoms with E-state index in [9.17, 15) is 19.5 Å². The second-order valence-corrected chi connectivity index (χ2v) is 6.85. The molecule has 3 rings (SSSR count). The molecule has 146 valence electrons. The molecule has 0 aromatic heterocycles. The first-order valence-corrected chi connectivity index (χ1v) is 9.49. The van der Waals surface area contributed by atoms with E-state index in [4.69, 9.17) is 0 Å². The van der Waals surface area contributed by atoms with Crippen molar-refractivity contribution >= 4 is 17.8 Å². The minimum atomic E-state index is -0.979. The van der Waals surface area contributed by atoms with Gasteiger partial charge in [0, 0.05) is 38.2 Å². The Morgan fingerprint density at radius 1 is 0.821 bits per heavy atom. The minimum absolute atomic E-state index is 0.00537. The molecule has 1 aliphatic rings. The molecule has 1 saturated heterocycles. The van der Waals surface area contributed by atoms with Gasteiger partial charge in [-0.3, -0.25) is 9.59 Å². The molecule has 2 aromatic carbocycles. The number of carboxylic acids is 1. The number of hydrogen-bond donors (Lipinski definition) is 1. The fourth-order valence-corrected chi connectivity index (χ4v) is 3.48. The van der Waals surface area contributed by atoms with Crippen molar-refractivity contribution in [3.05, 3.63) is 71.3 Å². The van der Waals surface area contributed by atoms with Gasteiger partial charge in [0.2, 0.25) is 5.91 Å². The summed E-state index contributed by atoms with van der Waals surface area (Å²) in [7, 11) is 0. The van der Waals surface area contributed by atoms with Crippen LogP contribution in [0.15, 0.2) is 54.6 Å². The van der Waals surface area contributed by atoms with Crippen LogP contribution in [0.4, 0.5) is 0 Å². The van der Waals surface area contributed by atoms with E-state index in [1.807, 2.05) is 18.2 Å². The zero-order valence-corrected chi connectivity index (χ0v) is 15.7. The van der Waals surface area contributed by atoms with Gasteiger partial charge < -0.3 is 14.9 Å². The Kier molecular flexibility index (Phi) is 6.42. The molecule has 2 amide bonds. The number of aryl methyl sites for hydroxylation is 1. The summed E-state index contributed by atoms with van der Waals surface area (Å²) in [6.07, 6.45) is 1.39. The van der Waals surface area contributed by atoms with Gasteiger partial charge in [0.05, 0.1) is 5.56 Å². The first-order chi connectivity index (χ1) is 13.6. The van der Waals surface area contributed by atoms with Crippen LogP contribution in [0.5, 0.6) is 0 Å². The van der Waals surface area contributed by atoms with Gasteiger partial charge in [-0.2, -0.15) is 0 Å². The predicted octanol–water partition coefficient (Wildman–Crippen LogP) is 2.69. The summed E-state index contributed by atoms with van der Waals surface area (Å²) in [6.45, 7) is 2.24. The number of amides is 2. The molecule has 0 aliphatic carbocycles. The normalized spacial score (nSPS) is 14.4. The maximum atomic E-state index is 12.6. The molecule has 0 saturated carbocycles. The number of benzene rings is 2. The van der Waals surface area contributed by atoms with Crippen molar-refractivity contribution in [3.8, 4) is 0 Å². The number of carbonyl (C=O) groups is 3. The molecule has 0 radical (unpaired) electrons. The molecule has 0 bridgehead atoms. The molecule has 1 fully saturated rings. The number of rotatable bonds is 5. The van der Waals surface area contributed by atoms with Gasteiger partial charge in [0.1, 0.15) is 0 Å². The van der Waals surface area contributed by atoms with Gasteiger partial charge >= 0.3 is 5.97 Å². The van der Waals surface area contributed by atoms with Crippen molar-refractivity contribution in [2.45, 2.75) is 19.3 Å². The van der Waals surface area contributed by atoms with E-state index < -0.39 is 5.97 Å². The van der Waals surface area contributed by atoms with Crippen LogP contribution < -0.4 is 0 Å². The number of aromatic carboxylic acids is 1. The third-order valence-corrected chi connectivity index (χ3v) is 5.01. The zero-order chi connectivity index (χ0) is 19.9. The summed E-state index contributed by atoms with van der Waals surface area (Å²) >= 11 is 0. The molecular weight excluding hydrogens is 356 g/mol. The smallest absolute Gasteiger partial charge is 0.335 e. The van der Waals surface area contributed by atoms with Gasteiger partial charge in [-0.25, -0.2) is 4.79 Å². The van der Waals surface area contributed by atoms with Crippen molar-refractivity contribution in [1.82, 2.24) is 9.80 Å². The molecule has 0 atom stereocenters. The predicted molar refractivity (Wildman–Crippen MR) is 105 cm³/mol. The van der Waals surface area contributed by atoms with E-state index in [0.717, 1.165) is 6.42 Å². The molecular formula is C22H24N2O4. The number of carboxylic acid groups (broad SMARTS) is 1. The highest BCUT2D eigenvalue weighted by atomic mass is 16.4. The minimum Gasteiger partial charge on any atom is -0.478 e. The molecule has 0 unspecified atom stereocenters. The van der Waals surface area contributed by atoms with E-state index in [1.165, 1.54) is 0 Å². The van der Waals surface area contributed by atoms with E-state index in [1.54, 1.807) is 46.2 Å². The molecule has 1 heterocycles. The Bertz CT molecular complexity index is 851. The summed E-state index contributed by atoms with van der Waals surface area (Å²) in [4.78, 5) is 40.1. The number of hydrogen-bond acceptors (Lipinski definition) is 3. The quantitative estimate of drug-likeness (QED) is 0.865. The monoisotopic (exact) mass is 380 g/mol. The van der Waals surface area contributed by atoms with Crippen molar-refractivity contribution in [1.29, 1.82) is 0 Å². The Balaban J connectivity index is 1.56. The molecule has 6 heteroatoms. The third-order valence-electron chi connectivity index (χ3n) is 5.01. The summed E-state index contributed by atoms with van der Waals surface area (Å²) in [5, 5.41) is 9.26. The highest BCUT2D eigenvalue weighted by Crippen LogP contribution is 2.14. The second kappa shape index (κ2) is 9.17. The summed E-state index contributed by atoms with van der Waals surface area (Å²) in [6, 6.07) is 15.9. The van der Waals surface area contributed by atoms with E-state index >= 15 is 0 Å². The maximum Gasteiger partial charge on any atom is 0.335 e. The van der Waals surface area contributed by atoms with Crippen LogP contribution in [0.1, 0.15) is 39.1 Å². The average molecular weight is 380 g/mol. The van der Waals surface area contributed by atoms with Gasteiger partial charge in [-0.1, -0.05) is 36.4 Å². The lowest BCUT2D eigenvalue weighted by Gasteiger charge is -2.22. The maximum absolute atomic E-state index is 12.6. The second-order valence-electron chi connectivity index (χ2n) is 6.85. The largest absolute Gasteiger partial charge is 0.478 e. The lowest BCUT2D eigenvalue weighted by Crippen LogP contribution is -2.37. The molecule has 2 aromatic rings. The first kappa shape index (κ1) is 19.6. The van der Waals surface area contributed by atoms with Gasteiger partial charge in [-0.05, 0) is 36.6 Å². The molecule has 28 heavy (non-hydrogen) atoms. The fourth-order valence-electron chi connectivity index (χ4n) is 3.48. The summed E-state index contributed by atoms with van der Waals surface area (Å²) in [5.74, 6) is -0.993. The Morgan fingerprint density at radius 2 is 1.46 bits per heavy atom. The van der Waals surface area contributed by atoms with Crippen LogP contribution in [0.25, 0.3) is 0 Å². The van der Waals surface area contributed by atoms with E-state index in [2.05, 4.69) is 0 Å². The topological polar surface area (TPSA) is 77.9 Å². The van der Waals surface area contributed by atoms with Crippen molar-refractivity contribution in [2.24, 2.45) is 0 Å². The van der Waals surface area contributed by atoms with Crippen LogP contribution in [0.3, 0.4) is 0 Å². The van der Waals surface area contributed by atoms with Gasteiger partial charge in [-0.15, -0.1) is 0 Å². The molecule has 6 nitrogen and oxygen atoms in total. The van der Waals surface area contributed by atoms with Gasteiger partial charge in [0.25, 0.3) is 5.91 Å². The fraction of sp³-hybridized carbons (Fsp3) is 0.318. The molecule has 0 spiro atoms. The van der Waals surface area contributed by atoms with Crippen molar-refractivity contribution < 1.29 is 19.5 Å². The third kappa shape index (κ3) is 4.76. The Labute approximate surface area is 164 Å². The summed E-state index contributed by atoms with van der Waals surface area (Å²) < 4.78 is 0. The lowest BCUT2D eigenvalue weighted by atomic mass is 10.0. The van der Waals surface area contributed by atoms with Crippen LogP contribution in [0, 0.1) is 0 Å². The van der Waals surface area contributed by atoms with E-state index in [0.29, 0.717) is 43.7 Å². The highest BCUT2D eigenvalue weighted by molar-refractivity contribution is 5.94. The van der Waals surface area contributed by atoms with Crippen LogP contribution in [-0.2, 0) is 11.2 Å². The van der Waals surface area contributed by atoms with Crippen molar-refractivity contribution in [2.75, 3.05) is 26.2 Å². The standard InChI is InChI=1S/C22H24N2O4/c25-20(12-11-17-7-4-5-10-19(17)22(27)28)23-13-6-14-24(16-15-23)21(26)18-8-2-1-3-9-18/h1-5,7-10H,6,11-16H2,(H,27,28). The van der Waals surface area contributed by atoms with Crippen LogP contribution in [-0.4, -0.2) is 58.9 Å². The number of nitrogens with zero attached hydrogens (tertiary/aromatic N) is 2. The Hall–Kier alpha value is -3.15. The Morgan fingerprint density at radius 3 is 2.21 bits per heavy atom. The highest BCUT2D eigenvalue weighted by Gasteiger charge is 2.23. The van der Waals surface area contributed by atoms with Crippen LogP contribution >= 0.6 is 0 Å². The summed E-state index contributed by atoms with van der Waals surface area (Å²) in [5.41, 5.74) is 1.57. The number of carbonyl (C=O) groups excluding carboxylic acids is 2. The van der Waals surface area contributed by atoms with Gasteiger partial charge in [0.15, 0.2) is 0 Å². The zero-order valence-electron chi connectivity index (χ0n) is 15.7. The first-order valence-electron chi connectivity index (χ1n) is 9.49. The average Bonchev–Trinajstić information content (AvgIpc) is 2.98. The van der Waals surface area contributed by atoms with E-state index in [-0.39, 0.29) is 23.8 Å².